The number of benzene rings is 2. The van der Waals surface area contributed by atoms with Crippen LogP contribution >= 0.6 is 27.5 Å². The highest BCUT2D eigenvalue weighted by atomic mass is 79.9. The molecule has 18 heavy (non-hydrogen) atoms. The molecule has 0 amide bonds. The number of hydrogen-bond acceptors (Lipinski definition) is 1. The average molecular weight is 330 g/mol. The summed E-state index contributed by atoms with van der Waals surface area (Å²) in [7, 11) is 0. The Hall–Kier alpha value is -1.06. The molecule has 0 bridgehead atoms. The summed E-state index contributed by atoms with van der Waals surface area (Å²) in [5, 5.41) is 0. The van der Waals surface area contributed by atoms with E-state index in [0.29, 0.717) is 21.9 Å². The predicted molar refractivity (Wildman–Crippen MR) is 74.9 cm³/mol. The van der Waals surface area contributed by atoms with Gasteiger partial charge in [0.25, 0.3) is 0 Å². The van der Waals surface area contributed by atoms with Crippen LogP contribution in [0.3, 0.4) is 0 Å². The highest BCUT2D eigenvalue weighted by Crippen LogP contribution is 2.27. The van der Waals surface area contributed by atoms with Gasteiger partial charge >= 0.3 is 0 Å². The SMILES string of the molecule is Cc1cc(Oc2ccc(F)c(Br)c2)ccc1CCl. The first-order valence-electron chi connectivity index (χ1n) is 5.38. The van der Waals surface area contributed by atoms with Crippen molar-refractivity contribution in [2.24, 2.45) is 0 Å². The first kappa shape index (κ1) is 13.4. The summed E-state index contributed by atoms with van der Waals surface area (Å²) in [6, 6.07) is 10.2. The molecule has 0 unspecified atom stereocenters. The van der Waals surface area contributed by atoms with Crippen molar-refractivity contribution < 1.29 is 9.13 Å². The first-order valence-corrected chi connectivity index (χ1v) is 6.71. The van der Waals surface area contributed by atoms with Crippen LogP contribution in [0.25, 0.3) is 0 Å². The molecule has 0 saturated heterocycles. The van der Waals surface area contributed by atoms with E-state index in [-0.39, 0.29) is 5.82 Å². The van der Waals surface area contributed by atoms with E-state index in [0.717, 1.165) is 11.1 Å². The van der Waals surface area contributed by atoms with E-state index in [9.17, 15) is 4.39 Å². The number of rotatable bonds is 3. The Kier molecular flexibility index (Phi) is 4.25. The molecule has 0 aliphatic rings. The van der Waals surface area contributed by atoms with Gasteiger partial charge in [-0.15, -0.1) is 11.6 Å². The van der Waals surface area contributed by atoms with Crippen molar-refractivity contribution in [2.45, 2.75) is 12.8 Å². The van der Waals surface area contributed by atoms with E-state index in [1.54, 1.807) is 12.1 Å². The molecule has 2 rings (SSSR count). The van der Waals surface area contributed by atoms with Gasteiger partial charge < -0.3 is 4.74 Å². The second kappa shape index (κ2) is 5.72. The fraction of sp³-hybridized carbons (Fsp3) is 0.143. The van der Waals surface area contributed by atoms with Gasteiger partial charge in [-0.25, -0.2) is 4.39 Å². The summed E-state index contributed by atoms with van der Waals surface area (Å²) in [6.07, 6.45) is 0. The molecule has 0 heterocycles. The highest BCUT2D eigenvalue weighted by molar-refractivity contribution is 9.10. The molecular formula is C14H11BrClFO. The molecule has 0 atom stereocenters. The zero-order chi connectivity index (χ0) is 13.1. The summed E-state index contributed by atoms with van der Waals surface area (Å²) in [5.41, 5.74) is 2.15. The van der Waals surface area contributed by atoms with Crippen LogP contribution in [0.4, 0.5) is 4.39 Å². The Morgan fingerprint density at radius 3 is 2.44 bits per heavy atom. The highest BCUT2D eigenvalue weighted by Gasteiger charge is 2.04. The van der Waals surface area contributed by atoms with Crippen LogP contribution in [-0.4, -0.2) is 0 Å². The van der Waals surface area contributed by atoms with E-state index in [1.165, 1.54) is 6.07 Å². The Labute approximate surface area is 119 Å². The lowest BCUT2D eigenvalue weighted by Crippen LogP contribution is -1.89. The lowest BCUT2D eigenvalue weighted by molar-refractivity contribution is 0.479. The van der Waals surface area contributed by atoms with Crippen LogP contribution in [0, 0.1) is 12.7 Å². The van der Waals surface area contributed by atoms with Gasteiger partial charge in [0.1, 0.15) is 17.3 Å². The number of alkyl halides is 1. The minimum Gasteiger partial charge on any atom is -0.457 e. The van der Waals surface area contributed by atoms with Crippen LogP contribution in [0.5, 0.6) is 11.5 Å². The average Bonchev–Trinajstić information content (AvgIpc) is 2.34. The quantitative estimate of drug-likeness (QED) is 0.682. The standard InChI is InChI=1S/C14H11BrClFO/c1-9-6-11(3-2-10(9)8-16)18-12-4-5-14(17)13(15)7-12/h2-7H,8H2,1H3. The topological polar surface area (TPSA) is 9.23 Å². The monoisotopic (exact) mass is 328 g/mol. The van der Waals surface area contributed by atoms with Crippen LogP contribution in [0.2, 0.25) is 0 Å². The third kappa shape index (κ3) is 3.03. The Balaban J connectivity index is 2.23. The van der Waals surface area contributed by atoms with E-state index < -0.39 is 0 Å². The third-order valence-electron chi connectivity index (χ3n) is 2.58. The Morgan fingerprint density at radius 1 is 1.17 bits per heavy atom. The van der Waals surface area contributed by atoms with Gasteiger partial charge in [-0.05, 0) is 64.3 Å². The van der Waals surface area contributed by atoms with Crippen molar-refractivity contribution in [3.8, 4) is 11.5 Å². The fourth-order valence-corrected chi connectivity index (χ4v) is 2.22. The summed E-state index contributed by atoms with van der Waals surface area (Å²) in [6.45, 7) is 1.98. The van der Waals surface area contributed by atoms with Crippen LogP contribution in [-0.2, 0) is 5.88 Å². The molecule has 0 aliphatic heterocycles. The molecule has 0 aliphatic carbocycles. The molecule has 0 saturated carbocycles. The van der Waals surface area contributed by atoms with Crippen molar-refractivity contribution in [1.29, 1.82) is 0 Å². The largest absolute Gasteiger partial charge is 0.457 e. The van der Waals surface area contributed by atoms with E-state index >= 15 is 0 Å². The fourth-order valence-electron chi connectivity index (χ4n) is 1.56. The van der Waals surface area contributed by atoms with Gasteiger partial charge in [-0.1, -0.05) is 6.07 Å². The molecule has 0 radical (unpaired) electrons. The molecule has 4 heteroatoms. The van der Waals surface area contributed by atoms with Crippen molar-refractivity contribution in [3.63, 3.8) is 0 Å². The van der Waals surface area contributed by atoms with Crippen molar-refractivity contribution in [2.75, 3.05) is 0 Å². The van der Waals surface area contributed by atoms with Crippen LogP contribution in [0.15, 0.2) is 40.9 Å². The van der Waals surface area contributed by atoms with Crippen LogP contribution in [0.1, 0.15) is 11.1 Å². The molecule has 2 aromatic rings. The maximum atomic E-state index is 13.1. The molecule has 0 fully saturated rings. The Morgan fingerprint density at radius 2 is 1.83 bits per heavy atom. The zero-order valence-corrected chi connectivity index (χ0v) is 12.1. The molecule has 2 aromatic carbocycles. The second-order valence-electron chi connectivity index (χ2n) is 3.90. The molecule has 0 aromatic heterocycles. The van der Waals surface area contributed by atoms with E-state index in [1.807, 2.05) is 25.1 Å². The lowest BCUT2D eigenvalue weighted by Gasteiger charge is -2.09. The minimum atomic E-state index is -0.309. The van der Waals surface area contributed by atoms with Crippen molar-refractivity contribution in [1.82, 2.24) is 0 Å². The third-order valence-corrected chi connectivity index (χ3v) is 3.48. The lowest BCUT2D eigenvalue weighted by atomic mass is 10.1. The van der Waals surface area contributed by atoms with Gasteiger partial charge in [0.15, 0.2) is 0 Å². The number of aryl methyl sites for hydroxylation is 1. The molecule has 0 spiro atoms. The van der Waals surface area contributed by atoms with Gasteiger partial charge in [0.2, 0.25) is 0 Å². The van der Waals surface area contributed by atoms with Gasteiger partial charge in [0.05, 0.1) is 4.47 Å². The van der Waals surface area contributed by atoms with Crippen LogP contribution < -0.4 is 4.74 Å². The van der Waals surface area contributed by atoms with Crippen molar-refractivity contribution in [3.05, 3.63) is 57.8 Å². The maximum Gasteiger partial charge on any atom is 0.137 e. The molecule has 1 nitrogen and oxygen atoms in total. The van der Waals surface area contributed by atoms with Crippen molar-refractivity contribution >= 4 is 27.5 Å². The Bertz CT molecular complexity index is 572. The normalized spacial score (nSPS) is 10.4. The summed E-state index contributed by atoms with van der Waals surface area (Å²) in [4.78, 5) is 0. The zero-order valence-electron chi connectivity index (χ0n) is 9.71. The number of hydrogen-bond donors (Lipinski definition) is 0. The van der Waals surface area contributed by atoms with Gasteiger partial charge in [0, 0.05) is 5.88 Å². The summed E-state index contributed by atoms with van der Waals surface area (Å²) >= 11 is 8.92. The van der Waals surface area contributed by atoms with Gasteiger partial charge in [-0.3, -0.25) is 0 Å². The molecular weight excluding hydrogens is 319 g/mol. The number of halogens is 3. The molecule has 0 N–H and O–H groups in total. The smallest absolute Gasteiger partial charge is 0.137 e. The molecule has 94 valence electrons. The minimum absolute atomic E-state index is 0.309. The second-order valence-corrected chi connectivity index (χ2v) is 5.02. The predicted octanol–water partition coefficient (Wildman–Crippen LogP) is 5.43. The first-order chi connectivity index (χ1) is 8.60. The summed E-state index contributed by atoms with van der Waals surface area (Å²) < 4.78 is 19.1. The maximum absolute atomic E-state index is 13.1. The summed E-state index contributed by atoms with van der Waals surface area (Å²) in [5.74, 6) is 1.46. The van der Waals surface area contributed by atoms with E-state index in [4.69, 9.17) is 16.3 Å². The van der Waals surface area contributed by atoms with Gasteiger partial charge in [-0.2, -0.15) is 0 Å². The number of ether oxygens (including phenoxy) is 1. The van der Waals surface area contributed by atoms with E-state index in [2.05, 4.69) is 15.9 Å².